The molecule has 1 amide bonds. The quantitative estimate of drug-likeness (QED) is 0.410. The highest BCUT2D eigenvalue weighted by Crippen LogP contribution is 2.52. The van der Waals surface area contributed by atoms with Crippen LogP contribution in [0.15, 0.2) is 65.6 Å². The smallest absolute Gasteiger partial charge is 0.395 e. The van der Waals surface area contributed by atoms with Crippen LogP contribution in [0.5, 0.6) is 11.5 Å². The maximum absolute atomic E-state index is 13.4. The van der Waals surface area contributed by atoms with Crippen LogP contribution in [0.3, 0.4) is 0 Å². The summed E-state index contributed by atoms with van der Waals surface area (Å²) >= 11 is 1.65. The molecule has 1 saturated carbocycles. The Hall–Kier alpha value is -3.21. The summed E-state index contributed by atoms with van der Waals surface area (Å²) in [5, 5.41) is 12.4. The number of benzene rings is 2. The van der Waals surface area contributed by atoms with Crippen molar-refractivity contribution >= 4 is 23.7 Å². The number of nitrogens with zero attached hydrogens (tertiary/aromatic N) is 2. The summed E-state index contributed by atoms with van der Waals surface area (Å²) in [6.45, 7) is 1.13. The average molecular weight is 526 g/mol. The topological polar surface area (TPSA) is 83.9 Å². The number of hydrogen-bond acceptors (Lipinski definition) is 7. The van der Waals surface area contributed by atoms with Crippen molar-refractivity contribution < 1.29 is 28.2 Å². The lowest BCUT2D eigenvalue weighted by atomic mass is 9.94. The Bertz CT molecular complexity index is 1330. The molecule has 2 N–H and O–H groups in total. The number of pyridine rings is 1. The number of carbonyl (C=O) groups is 1. The number of aromatic nitrogens is 1. The summed E-state index contributed by atoms with van der Waals surface area (Å²) in [5.41, 5.74) is 1.43. The Balaban J connectivity index is 1.15. The Morgan fingerprint density at radius 2 is 1.89 bits per heavy atom. The molecule has 10 heteroatoms. The third-order valence-electron chi connectivity index (χ3n) is 7.04. The largest absolute Gasteiger partial charge is 0.586 e. The van der Waals surface area contributed by atoms with Crippen LogP contribution in [0, 0.1) is 0 Å². The van der Waals surface area contributed by atoms with Crippen molar-refractivity contribution in [3.63, 3.8) is 0 Å². The van der Waals surface area contributed by atoms with Gasteiger partial charge in [-0.3, -0.25) is 4.79 Å². The zero-order valence-corrected chi connectivity index (χ0v) is 20.6. The van der Waals surface area contributed by atoms with Gasteiger partial charge in [0.05, 0.1) is 17.7 Å². The minimum Gasteiger partial charge on any atom is -0.395 e. The van der Waals surface area contributed by atoms with Gasteiger partial charge in [-0.25, -0.2) is 9.29 Å². The SMILES string of the molecule is O=C(Nc1cccc(-c2ccc(SN3CCC[C@@H]3CO)cc2)n1)C1(c2ccc3c(c2)OC(F)(F)O3)CC1. The number of alkyl halides is 2. The van der Waals surface area contributed by atoms with Gasteiger partial charge in [0.25, 0.3) is 0 Å². The van der Waals surface area contributed by atoms with E-state index in [1.54, 1.807) is 24.1 Å². The molecule has 1 aromatic heterocycles. The van der Waals surface area contributed by atoms with Gasteiger partial charge in [0, 0.05) is 23.0 Å². The number of amides is 1. The molecule has 0 bridgehead atoms. The minimum atomic E-state index is -3.70. The van der Waals surface area contributed by atoms with E-state index >= 15 is 0 Å². The Morgan fingerprint density at radius 1 is 1.11 bits per heavy atom. The van der Waals surface area contributed by atoms with Gasteiger partial charge in [0.15, 0.2) is 11.5 Å². The van der Waals surface area contributed by atoms with Gasteiger partial charge in [-0.15, -0.1) is 8.78 Å². The van der Waals surface area contributed by atoms with E-state index in [9.17, 15) is 18.7 Å². The first-order valence-electron chi connectivity index (χ1n) is 12.2. The van der Waals surface area contributed by atoms with E-state index in [1.807, 2.05) is 36.4 Å². The lowest BCUT2D eigenvalue weighted by Crippen LogP contribution is -2.28. The highest BCUT2D eigenvalue weighted by molar-refractivity contribution is 7.97. The van der Waals surface area contributed by atoms with Crippen molar-refractivity contribution in [2.75, 3.05) is 18.5 Å². The molecule has 2 aliphatic heterocycles. The molecule has 2 fully saturated rings. The Labute approximate surface area is 216 Å². The predicted molar refractivity (Wildman–Crippen MR) is 135 cm³/mol. The minimum absolute atomic E-state index is 0.0441. The molecule has 7 nitrogen and oxygen atoms in total. The summed E-state index contributed by atoms with van der Waals surface area (Å²) in [4.78, 5) is 19.0. The number of aliphatic hydroxyl groups is 1. The molecule has 1 atom stereocenters. The van der Waals surface area contributed by atoms with Crippen LogP contribution in [0.4, 0.5) is 14.6 Å². The lowest BCUT2D eigenvalue weighted by molar-refractivity contribution is -0.286. The van der Waals surface area contributed by atoms with Gasteiger partial charge in [-0.1, -0.05) is 24.3 Å². The predicted octanol–water partition coefficient (Wildman–Crippen LogP) is 5.20. The maximum atomic E-state index is 13.4. The molecule has 1 aliphatic carbocycles. The summed E-state index contributed by atoms with van der Waals surface area (Å²) < 4.78 is 38.1. The van der Waals surface area contributed by atoms with Gasteiger partial charge >= 0.3 is 6.29 Å². The number of rotatable bonds is 7. The Kier molecular flexibility index (Phi) is 6.05. The number of nitrogens with one attached hydrogen (secondary N) is 1. The van der Waals surface area contributed by atoms with Crippen molar-refractivity contribution in [3.8, 4) is 22.8 Å². The fourth-order valence-electron chi connectivity index (χ4n) is 4.85. The van der Waals surface area contributed by atoms with E-state index in [0.29, 0.717) is 24.2 Å². The number of hydrogen-bond donors (Lipinski definition) is 2. The monoisotopic (exact) mass is 525 g/mol. The van der Waals surface area contributed by atoms with Gasteiger partial charge in [0.1, 0.15) is 5.82 Å². The first kappa shape index (κ1) is 24.1. The van der Waals surface area contributed by atoms with Crippen LogP contribution in [0.1, 0.15) is 31.2 Å². The van der Waals surface area contributed by atoms with Crippen LogP contribution >= 0.6 is 11.9 Å². The molecule has 6 rings (SSSR count). The molecular formula is C27H25F2N3O4S. The van der Waals surface area contributed by atoms with Crippen molar-refractivity contribution in [3.05, 3.63) is 66.2 Å². The molecule has 3 aliphatic rings. The second-order valence-corrected chi connectivity index (χ2v) is 10.6. The molecule has 2 aromatic carbocycles. The fourth-order valence-corrected chi connectivity index (χ4v) is 5.92. The van der Waals surface area contributed by atoms with Crippen molar-refractivity contribution in [2.45, 2.75) is 48.3 Å². The van der Waals surface area contributed by atoms with Crippen molar-refractivity contribution in [2.24, 2.45) is 0 Å². The van der Waals surface area contributed by atoms with Gasteiger partial charge in [-0.05, 0) is 79.6 Å². The molecule has 37 heavy (non-hydrogen) atoms. The summed E-state index contributed by atoms with van der Waals surface area (Å²) in [6.07, 6.45) is -0.401. The number of carbonyl (C=O) groups excluding carboxylic acids is 1. The van der Waals surface area contributed by atoms with Crippen molar-refractivity contribution in [1.82, 2.24) is 9.29 Å². The Morgan fingerprint density at radius 3 is 2.65 bits per heavy atom. The summed E-state index contributed by atoms with van der Waals surface area (Å²) in [7, 11) is 0. The highest BCUT2D eigenvalue weighted by atomic mass is 32.2. The third kappa shape index (κ3) is 4.76. The molecular weight excluding hydrogens is 500 g/mol. The van der Waals surface area contributed by atoms with E-state index in [1.165, 1.54) is 12.1 Å². The van der Waals surface area contributed by atoms with Crippen LogP contribution in [-0.4, -0.2) is 45.8 Å². The zero-order chi connectivity index (χ0) is 25.6. The maximum Gasteiger partial charge on any atom is 0.586 e. The second kappa shape index (κ2) is 9.27. The molecule has 192 valence electrons. The number of anilines is 1. The average Bonchev–Trinajstić information content (AvgIpc) is 3.48. The molecule has 0 spiro atoms. The molecule has 3 aromatic rings. The van der Waals surface area contributed by atoms with E-state index in [2.05, 4.69) is 24.1 Å². The highest BCUT2D eigenvalue weighted by Gasteiger charge is 2.53. The van der Waals surface area contributed by atoms with Crippen LogP contribution in [0.25, 0.3) is 11.3 Å². The van der Waals surface area contributed by atoms with E-state index in [4.69, 9.17) is 0 Å². The summed E-state index contributed by atoms with van der Waals surface area (Å²) in [5.74, 6) is 0.0678. The number of halogens is 2. The number of ether oxygens (including phenoxy) is 2. The number of fused-ring (bicyclic) bond motifs is 1. The van der Waals surface area contributed by atoms with Gasteiger partial charge < -0.3 is 19.9 Å². The fraction of sp³-hybridized carbons (Fsp3) is 0.333. The van der Waals surface area contributed by atoms with Crippen molar-refractivity contribution in [1.29, 1.82) is 0 Å². The standard InChI is InChI=1S/C27H25F2N3O4S/c28-27(29)35-22-11-8-18(15-23(22)36-27)26(12-13-26)25(34)31-24-5-1-4-21(30-24)17-6-9-20(10-7-17)37-32-14-2-3-19(32)16-33/h1,4-11,15,19,33H,2-3,12-14,16H2,(H,30,31,34)/t19-/m1/s1. The first-order valence-corrected chi connectivity index (χ1v) is 13.0. The van der Waals surface area contributed by atoms with Crippen LogP contribution in [-0.2, 0) is 10.2 Å². The molecule has 1 saturated heterocycles. The van der Waals surface area contributed by atoms with Gasteiger partial charge in [-0.2, -0.15) is 0 Å². The van der Waals surface area contributed by atoms with E-state index in [-0.39, 0.29) is 30.1 Å². The van der Waals surface area contributed by atoms with Crippen LogP contribution in [0.2, 0.25) is 0 Å². The third-order valence-corrected chi connectivity index (χ3v) is 8.23. The van der Waals surface area contributed by atoms with Crippen LogP contribution < -0.4 is 14.8 Å². The molecule has 0 radical (unpaired) electrons. The van der Waals surface area contributed by atoms with E-state index < -0.39 is 11.7 Å². The second-order valence-electron chi connectivity index (χ2n) is 9.51. The lowest BCUT2D eigenvalue weighted by Gasteiger charge is -2.21. The van der Waals surface area contributed by atoms with Gasteiger partial charge in [0.2, 0.25) is 5.91 Å². The first-order chi connectivity index (χ1) is 17.8. The molecule has 0 unspecified atom stereocenters. The normalized spacial score (nSPS) is 21.1. The number of aliphatic hydroxyl groups excluding tert-OH is 1. The molecule has 3 heterocycles. The summed E-state index contributed by atoms with van der Waals surface area (Å²) in [6, 6.07) is 18.2. The zero-order valence-electron chi connectivity index (χ0n) is 19.8. The van der Waals surface area contributed by atoms with E-state index in [0.717, 1.165) is 35.5 Å².